The van der Waals surface area contributed by atoms with Gasteiger partial charge >= 0.3 is 0 Å². The van der Waals surface area contributed by atoms with Crippen LogP contribution in [0.4, 0.5) is 0 Å². The molecule has 0 amide bonds. The van der Waals surface area contributed by atoms with Gasteiger partial charge in [0.25, 0.3) is 0 Å². The van der Waals surface area contributed by atoms with Gasteiger partial charge in [-0.2, -0.15) is 0 Å². The number of allylic oxidation sites excluding steroid dienone is 9. The van der Waals surface area contributed by atoms with Crippen molar-refractivity contribution in [2.45, 2.75) is 114 Å². The summed E-state index contributed by atoms with van der Waals surface area (Å²) in [5.74, 6) is 1.10. The molecule has 2 aromatic carbocycles. The van der Waals surface area contributed by atoms with E-state index >= 15 is 0 Å². The fourth-order valence-corrected chi connectivity index (χ4v) is 11.4. The van der Waals surface area contributed by atoms with E-state index in [0.29, 0.717) is 11.8 Å². The summed E-state index contributed by atoms with van der Waals surface area (Å²) >= 11 is 0. The fraction of sp³-hybridized carbons (Fsp3) is 0.469. The molecule has 0 bridgehead atoms. The zero-order valence-electron chi connectivity index (χ0n) is 32.6. The van der Waals surface area contributed by atoms with E-state index in [1.165, 1.54) is 97.2 Å². The highest BCUT2D eigenvalue weighted by atomic mass is 14.6. The Balaban J connectivity index is 1.34. The van der Waals surface area contributed by atoms with Gasteiger partial charge in [0.2, 0.25) is 0 Å². The van der Waals surface area contributed by atoms with Gasteiger partial charge in [0, 0.05) is 5.41 Å². The van der Waals surface area contributed by atoms with Gasteiger partial charge in [-0.25, -0.2) is 0 Å². The van der Waals surface area contributed by atoms with Crippen molar-refractivity contribution in [2.75, 3.05) is 0 Å². The van der Waals surface area contributed by atoms with Crippen molar-refractivity contribution in [3.63, 3.8) is 0 Å². The van der Waals surface area contributed by atoms with Crippen molar-refractivity contribution in [3.8, 4) is 11.1 Å². The van der Waals surface area contributed by atoms with E-state index in [9.17, 15) is 0 Å². The van der Waals surface area contributed by atoms with Crippen LogP contribution in [-0.2, 0) is 12.8 Å². The second-order valence-electron chi connectivity index (χ2n) is 18.4. The summed E-state index contributed by atoms with van der Waals surface area (Å²) in [6, 6.07) is 14.1. The zero-order valence-corrected chi connectivity index (χ0v) is 32.6. The third-order valence-corrected chi connectivity index (χ3v) is 14.0. The van der Waals surface area contributed by atoms with Gasteiger partial charge in [0.1, 0.15) is 0 Å². The normalized spacial score (nSPS) is 29.8. The third kappa shape index (κ3) is 5.39. The molecule has 258 valence electrons. The lowest BCUT2D eigenvalue weighted by Crippen LogP contribution is -2.52. The predicted molar refractivity (Wildman–Crippen MR) is 215 cm³/mol. The number of benzene rings is 2. The van der Waals surface area contributed by atoms with Crippen LogP contribution in [0.5, 0.6) is 0 Å². The highest BCUT2D eigenvalue weighted by molar-refractivity contribution is 5.90. The first-order valence-electron chi connectivity index (χ1n) is 18.8. The molecule has 5 atom stereocenters. The Morgan fingerprint density at radius 1 is 0.857 bits per heavy atom. The lowest BCUT2D eigenvalue weighted by atomic mass is 9.41. The highest BCUT2D eigenvalue weighted by Gasteiger charge is 2.59. The number of rotatable bonds is 6. The van der Waals surface area contributed by atoms with Crippen molar-refractivity contribution < 1.29 is 0 Å². The lowest BCUT2D eigenvalue weighted by Gasteiger charge is -2.62. The quantitative estimate of drug-likeness (QED) is 0.273. The molecule has 1 fully saturated rings. The zero-order chi connectivity index (χ0) is 36.0. The summed E-state index contributed by atoms with van der Waals surface area (Å²) in [5.41, 5.74) is 20.3. The molecule has 2 unspecified atom stereocenters. The molecule has 6 rings (SSSR count). The van der Waals surface area contributed by atoms with Crippen LogP contribution < -0.4 is 0 Å². The second-order valence-corrected chi connectivity index (χ2v) is 18.4. The Bertz CT molecular complexity index is 1870. The van der Waals surface area contributed by atoms with Gasteiger partial charge in [-0.05, 0) is 150 Å². The molecule has 0 N–H and O–H groups in total. The molecule has 1 saturated carbocycles. The van der Waals surface area contributed by atoms with E-state index in [4.69, 9.17) is 13.2 Å². The van der Waals surface area contributed by atoms with Gasteiger partial charge in [-0.3, -0.25) is 0 Å². The molecule has 4 aliphatic carbocycles. The van der Waals surface area contributed by atoms with Crippen LogP contribution >= 0.6 is 0 Å². The van der Waals surface area contributed by atoms with E-state index in [2.05, 4.69) is 125 Å². The second kappa shape index (κ2) is 11.9. The maximum absolute atomic E-state index is 4.90. The van der Waals surface area contributed by atoms with Crippen molar-refractivity contribution in [2.24, 2.45) is 33.5 Å². The molecule has 0 aliphatic heterocycles. The molecule has 0 saturated heterocycles. The molecule has 49 heavy (non-hydrogen) atoms. The monoisotopic (exact) mass is 650 g/mol. The molecule has 0 heterocycles. The number of hydrogen-bond acceptors (Lipinski definition) is 0. The van der Waals surface area contributed by atoms with Crippen LogP contribution in [0.2, 0.25) is 0 Å². The highest BCUT2D eigenvalue weighted by Crippen LogP contribution is 2.70. The van der Waals surface area contributed by atoms with E-state index in [1.807, 2.05) is 0 Å². The van der Waals surface area contributed by atoms with Crippen LogP contribution in [0.25, 0.3) is 16.7 Å². The molecule has 0 aromatic heterocycles. The topological polar surface area (TPSA) is 0 Å². The van der Waals surface area contributed by atoms with Crippen LogP contribution in [0.3, 0.4) is 0 Å². The van der Waals surface area contributed by atoms with Crippen LogP contribution in [0.1, 0.15) is 117 Å². The molecular formula is C49H62. The van der Waals surface area contributed by atoms with Gasteiger partial charge in [0.15, 0.2) is 0 Å². The van der Waals surface area contributed by atoms with Crippen LogP contribution in [-0.4, -0.2) is 0 Å². The molecule has 0 spiro atoms. The van der Waals surface area contributed by atoms with Gasteiger partial charge in [-0.1, -0.05) is 145 Å². The molecule has 2 aromatic rings. The van der Waals surface area contributed by atoms with Crippen molar-refractivity contribution in [1.82, 2.24) is 0 Å². The maximum atomic E-state index is 4.90. The first kappa shape index (κ1) is 35.4. The van der Waals surface area contributed by atoms with Crippen LogP contribution in [0.15, 0.2) is 114 Å². The Morgan fingerprint density at radius 3 is 2.10 bits per heavy atom. The summed E-state index contributed by atoms with van der Waals surface area (Å²) in [6.07, 6.45) is 7.91. The van der Waals surface area contributed by atoms with E-state index in [-0.39, 0.29) is 21.7 Å². The number of fused-ring (bicyclic) bond motifs is 3. The number of aryl methyl sites for hydroxylation is 1. The standard InChI is InChI=1S/C49H62/c1-29(2)43-32(5)26-48(14)28-47(13)27-42-41(24-19-30(3)44(42)33(6)45(47)36(9)49(48,15)35(43)8)38-22-20-37(21-23-38)25-31(4)39-17-16-18-40(39)34(7)46(10,11)12/h19-24,39-40H,1,4,6-8,16-18,25-28H2,2-3,5,9-15H3/t39?,40?,47-,48+,49-/m1/s1. The van der Waals surface area contributed by atoms with Crippen molar-refractivity contribution in [3.05, 3.63) is 136 Å². The largest absolute Gasteiger partial charge is 0.0992 e. The van der Waals surface area contributed by atoms with Gasteiger partial charge < -0.3 is 0 Å². The Hall–Kier alpha value is -3.38. The predicted octanol–water partition coefficient (Wildman–Crippen LogP) is 13.9. The molecular weight excluding hydrogens is 589 g/mol. The van der Waals surface area contributed by atoms with Gasteiger partial charge in [-0.15, -0.1) is 0 Å². The fourth-order valence-electron chi connectivity index (χ4n) is 11.4. The minimum Gasteiger partial charge on any atom is -0.0992 e. The first-order chi connectivity index (χ1) is 22.7. The smallest absolute Gasteiger partial charge is 0.0194 e. The molecule has 0 heteroatoms. The third-order valence-electron chi connectivity index (χ3n) is 14.0. The van der Waals surface area contributed by atoms with E-state index in [0.717, 1.165) is 31.3 Å². The number of hydrogen-bond donors (Lipinski definition) is 0. The van der Waals surface area contributed by atoms with E-state index in [1.54, 1.807) is 0 Å². The average Bonchev–Trinajstić information content (AvgIpc) is 3.48. The summed E-state index contributed by atoms with van der Waals surface area (Å²) < 4.78 is 0. The van der Waals surface area contributed by atoms with E-state index < -0.39 is 0 Å². The Kier molecular flexibility index (Phi) is 8.58. The lowest BCUT2D eigenvalue weighted by molar-refractivity contribution is 0.0544. The van der Waals surface area contributed by atoms with Gasteiger partial charge in [0.05, 0.1) is 0 Å². The first-order valence-corrected chi connectivity index (χ1v) is 18.8. The van der Waals surface area contributed by atoms with Crippen molar-refractivity contribution >= 4 is 5.57 Å². The SMILES string of the molecule is C=C(C)C1=C(C)C[C@@]2(C)C[C@@]3(C)Cc4c(-c5ccc(CC(=C)C6CCCC6C(=C)C(C)(C)C)cc5)ccc(C)c4C(=C)C3=C(C)[C@@]2(C)C1=C. The minimum absolute atomic E-state index is 0.00117. The summed E-state index contributed by atoms with van der Waals surface area (Å²) in [7, 11) is 0. The summed E-state index contributed by atoms with van der Waals surface area (Å²) in [4.78, 5) is 0. The Morgan fingerprint density at radius 2 is 1.49 bits per heavy atom. The molecule has 4 aliphatic rings. The summed E-state index contributed by atoms with van der Waals surface area (Å²) in [6.45, 7) is 46.8. The van der Waals surface area contributed by atoms with Crippen LogP contribution in [0, 0.1) is 40.4 Å². The molecule has 0 nitrogen and oxygen atoms in total. The Labute approximate surface area is 299 Å². The summed E-state index contributed by atoms with van der Waals surface area (Å²) in [5, 5.41) is 0. The molecule has 0 radical (unpaired) electrons. The van der Waals surface area contributed by atoms with Crippen molar-refractivity contribution in [1.29, 1.82) is 0 Å². The minimum atomic E-state index is -0.139. The maximum Gasteiger partial charge on any atom is 0.0194 e. The average molecular weight is 651 g/mol.